The number of nitrogens with one attached hydrogen (secondary N) is 1. The SMILES string of the molecule is FC(F)(F)c1cccc(/C=N\n2c(-c3ccccc3)n[nH]c2=S)c1. The van der Waals surface area contributed by atoms with E-state index in [1.807, 2.05) is 30.3 Å². The number of halogens is 3. The molecule has 4 nitrogen and oxygen atoms in total. The first-order chi connectivity index (χ1) is 11.4. The fourth-order valence-electron chi connectivity index (χ4n) is 2.09. The molecule has 0 aliphatic rings. The quantitative estimate of drug-likeness (QED) is 0.559. The summed E-state index contributed by atoms with van der Waals surface area (Å²) < 4.78 is 39.9. The van der Waals surface area contributed by atoms with Gasteiger partial charge in [-0.05, 0) is 29.9 Å². The molecule has 0 atom stereocenters. The third-order valence-electron chi connectivity index (χ3n) is 3.22. The number of H-pyrrole nitrogens is 1. The molecule has 0 bridgehead atoms. The van der Waals surface area contributed by atoms with Crippen LogP contribution in [0.4, 0.5) is 13.2 Å². The van der Waals surface area contributed by atoms with Crippen molar-refractivity contribution < 1.29 is 13.2 Å². The van der Waals surface area contributed by atoms with Crippen LogP contribution in [0.3, 0.4) is 0 Å². The molecule has 0 saturated heterocycles. The van der Waals surface area contributed by atoms with E-state index in [9.17, 15) is 13.2 Å². The Kier molecular flexibility index (Phi) is 4.30. The van der Waals surface area contributed by atoms with Crippen LogP contribution >= 0.6 is 12.2 Å². The van der Waals surface area contributed by atoms with Gasteiger partial charge in [-0.1, -0.05) is 42.5 Å². The molecule has 122 valence electrons. The lowest BCUT2D eigenvalue weighted by molar-refractivity contribution is -0.137. The van der Waals surface area contributed by atoms with Crippen LogP contribution in [0.1, 0.15) is 11.1 Å². The molecule has 1 heterocycles. The molecule has 0 fully saturated rings. The van der Waals surface area contributed by atoms with Crippen LogP contribution in [0.25, 0.3) is 11.4 Å². The molecule has 0 radical (unpaired) electrons. The van der Waals surface area contributed by atoms with Gasteiger partial charge in [-0.3, -0.25) is 0 Å². The van der Waals surface area contributed by atoms with Gasteiger partial charge in [0.1, 0.15) is 0 Å². The summed E-state index contributed by atoms with van der Waals surface area (Å²) in [4.78, 5) is 0. The van der Waals surface area contributed by atoms with Crippen LogP contribution in [-0.2, 0) is 6.18 Å². The van der Waals surface area contributed by atoms with Crippen LogP contribution in [0.5, 0.6) is 0 Å². The monoisotopic (exact) mass is 348 g/mol. The predicted molar refractivity (Wildman–Crippen MR) is 87.3 cm³/mol. The summed E-state index contributed by atoms with van der Waals surface area (Å²) in [5, 5.41) is 10.9. The third-order valence-corrected chi connectivity index (χ3v) is 3.48. The van der Waals surface area contributed by atoms with Gasteiger partial charge in [0, 0.05) is 5.56 Å². The first-order valence-corrected chi connectivity index (χ1v) is 7.30. The zero-order chi connectivity index (χ0) is 17.2. The van der Waals surface area contributed by atoms with Gasteiger partial charge < -0.3 is 0 Å². The standard InChI is InChI=1S/C16H11F3N4S/c17-16(18,19)13-8-4-5-11(9-13)10-20-23-14(21-22-15(23)24)12-6-2-1-3-7-12/h1-10H,(H,22,24)/b20-10-. The average Bonchev–Trinajstić information content (AvgIpc) is 2.94. The maximum Gasteiger partial charge on any atom is 0.416 e. The van der Waals surface area contributed by atoms with Crippen LogP contribution in [0.2, 0.25) is 0 Å². The molecule has 1 aromatic heterocycles. The summed E-state index contributed by atoms with van der Waals surface area (Å²) in [7, 11) is 0. The van der Waals surface area contributed by atoms with Crippen molar-refractivity contribution >= 4 is 18.4 Å². The molecule has 0 aliphatic carbocycles. The molecule has 2 aromatic carbocycles. The van der Waals surface area contributed by atoms with Crippen molar-refractivity contribution in [1.29, 1.82) is 0 Å². The summed E-state index contributed by atoms with van der Waals surface area (Å²) in [6.45, 7) is 0. The van der Waals surface area contributed by atoms with Gasteiger partial charge in [-0.25, -0.2) is 5.10 Å². The number of alkyl halides is 3. The molecule has 24 heavy (non-hydrogen) atoms. The zero-order valence-electron chi connectivity index (χ0n) is 12.2. The van der Waals surface area contributed by atoms with Gasteiger partial charge in [-0.15, -0.1) is 0 Å². The lowest BCUT2D eigenvalue weighted by atomic mass is 10.1. The summed E-state index contributed by atoms with van der Waals surface area (Å²) >= 11 is 5.12. The van der Waals surface area contributed by atoms with Gasteiger partial charge >= 0.3 is 6.18 Å². The zero-order valence-corrected chi connectivity index (χ0v) is 13.0. The van der Waals surface area contributed by atoms with E-state index in [2.05, 4.69) is 15.3 Å². The van der Waals surface area contributed by atoms with Crippen molar-refractivity contribution in [2.24, 2.45) is 5.10 Å². The minimum absolute atomic E-state index is 0.247. The van der Waals surface area contributed by atoms with Crippen molar-refractivity contribution in [2.45, 2.75) is 6.18 Å². The molecule has 1 N–H and O–H groups in total. The van der Waals surface area contributed by atoms with E-state index in [4.69, 9.17) is 12.2 Å². The number of hydrogen-bond donors (Lipinski definition) is 1. The molecular weight excluding hydrogens is 337 g/mol. The summed E-state index contributed by atoms with van der Waals surface area (Å²) in [5.41, 5.74) is 0.364. The highest BCUT2D eigenvalue weighted by atomic mass is 32.1. The molecule has 0 saturated carbocycles. The molecule has 0 unspecified atom stereocenters. The number of aromatic nitrogens is 3. The topological polar surface area (TPSA) is 46.0 Å². The van der Waals surface area contributed by atoms with Crippen LogP contribution in [0.15, 0.2) is 59.7 Å². The Bertz CT molecular complexity index is 926. The highest BCUT2D eigenvalue weighted by Gasteiger charge is 2.30. The van der Waals surface area contributed by atoms with E-state index in [0.717, 1.165) is 17.7 Å². The second kappa shape index (κ2) is 6.40. The number of rotatable bonds is 3. The Morgan fingerprint density at radius 3 is 2.54 bits per heavy atom. The van der Waals surface area contributed by atoms with E-state index in [1.165, 1.54) is 23.0 Å². The number of hydrogen-bond acceptors (Lipinski definition) is 3. The largest absolute Gasteiger partial charge is 0.416 e. The Balaban J connectivity index is 1.97. The number of benzene rings is 2. The lowest BCUT2D eigenvalue weighted by Gasteiger charge is -2.06. The second-order valence-electron chi connectivity index (χ2n) is 4.90. The molecule has 0 amide bonds. The minimum atomic E-state index is -4.40. The van der Waals surface area contributed by atoms with E-state index in [1.54, 1.807) is 0 Å². The van der Waals surface area contributed by atoms with E-state index in [-0.39, 0.29) is 4.77 Å². The van der Waals surface area contributed by atoms with Gasteiger partial charge in [-0.2, -0.15) is 28.0 Å². The Morgan fingerprint density at radius 2 is 1.83 bits per heavy atom. The van der Waals surface area contributed by atoms with Gasteiger partial charge in [0.25, 0.3) is 0 Å². The Hall–Kier alpha value is -2.74. The smallest absolute Gasteiger partial charge is 0.250 e. The second-order valence-corrected chi connectivity index (χ2v) is 5.28. The molecular formula is C16H11F3N4S. The third kappa shape index (κ3) is 3.43. The highest BCUT2D eigenvalue weighted by molar-refractivity contribution is 7.71. The van der Waals surface area contributed by atoms with E-state index in [0.29, 0.717) is 11.4 Å². The van der Waals surface area contributed by atoms with Gasteiger partial charge in [0.2, 0.25) is 4.77 Å². The van der Waals surface area contributed by atoms with Crippen LogP contribution < -0.4 is 0 Å². The minimum Gasteiger partial charge on any atom is -0.250 e. The number of aromatic amines is 1. The number of nitrogens with zero attached hydrogens (tertiary/aromatic N) is 3. The lowest BCUT2D eigenvalue weighted by Crippen LogP contribution is -2.05. The Labute approximate surface area is 140 Å². The molecule has 0 spiro atoms. The first-order valence-electron chi connectivity index (χ1n) is 6.89. The van der Waals surface area contributed by atoms with Crippen molar-refractivity contribution in [3.05, 3.63) is 70.5 Å². The van der Waals surface area contributed by atoms with E-state index < -0.39 is 11.7 Å². The van der Waals surface area contributed by atoms with Gasteiger partial charge in [0.15, 0.2) is 5.82 Å². The normalized spacial score (nSPS) is 12.0. The van der Waals surface area contributed by atoms with Crippen molar-refractivity contribution in [2.75, 3.05) is 0 Å². The van der Waals surface area contributed by atoms with Crippen LogP contribution in [-0.4, -0.2) is 21.1 Å². The summed E-state index contributed by atoms with van der Waals surface area (Å²) in [5.74, 6) is 0.476. The maximum atomic E-state index is 12.7. The van der Waals surface area contributed by atoms with Crippen molar-refractivity contribution in [1.82, 2.24) is 14.9 Å². The summed E-state index contributed by atoms with van der Waals surface area (Å²) in [6.07, 6.45) is -3.09. The predicted octanol–water partition coefficient (Wildman–Crippen LogP) is 4.51. The van der Waals surface area contributed by atoms with Crippen LogP contribution in [0, 0.1) is 4.77 Å². The average molecular weight is 348 g/mol. The fraction of sp³-hybridized carbons (Fsp3) is 0.0625. The summed E-state index contributed by atoms with van der Waals surface area (Å²) in [6, 6.07) is 14.1. The fourth-order valence-corrected chi connectivity index (χ4v) is 2.27. The molecule has 8 heteroatoms. The first kappa shape index (κ1) is 16.1. The van der Waals surface area contributed by atoms with Gasteiger partial charge in [0.05, 0.1) is 11.8 Å². The van der Waals surface area contributed by atoms with E-state index >= 15 is 0 Å². The Morgan fingerprint density at radius 1 is 1.08 bits per heavy atom. The molecule has 3 aromatic rings. The van der Waals surface area contributed by atoms with Crippen molar-refractivity contribution in [3.8, 4) is 11.4 Å². The molecule has 3 rings (SSSR count). The maximum absolute atomic E-state index is 12.7. The molecule has 0 aliphatic heterocycles. The van der Waals surface area contributed by atoms with Crippen molar-refractivity contribution in [3.63, 3.8) is 0 Å². The highest BCUT2D eigenvalue weighted by Crippen LogP contribution is 2.29.